The molecule has 3 nitrogen and oxygen atoms in total. The van der Waals surface area contributed by atoms with Crippen molar-refractivity contribution in [1.29, 1.82) is 0 Å². The zero-order chi connectivity index (χ0) is 13.0. The second kappa shape index (κ2) is 5.78. The lowest BCUT2D eigenvalue weighted by atomic mass is 10.1. The highest BCUT2D eigenvalue weighted by Crippen LogP contribution is 2.19. The van der Waals surface area contributed by atoms with E-state index in [0.29, 0.717) is 6.42 Å². The molecule has 0 N–H and O–H groups in total. The van der Waals surface area contributed by atoms with E-state index in [1.807, 2.05) is 24.3 Å². The molecule has 0 bridgehead atoms. The molecule has 0 spiro atoms. The molecule has 0 saturated carbocycles. The van der Waals surface area contributed by atoms with Gasteiger partial charge in [0.1, 0.15) is 11.5 Å². The third-order valence-corrected chi connectivity index (χ3v) is 3.54. The van der Waals surface area contributed by atoms with Crippen LogP contribution in [0.25, 0.3) is 0 Å². The van der Waals surface area contributed by atoms with Crippen LogP contribution in [0.15, 0.2) is 30.5 Å². The topological polar surface area (TPSA) is 39.2 Å². The minimum Gasteiger partial charge on any atom is -0.497 e. The summed E-state index contributed by atoms with van der Waals surface area (Å²) in [6.45, 7) is 1.60. The third-order valence-electron chi connectivity index (χ3n) is 2.54. The lowest BCUT2D eigenvalue weighted by Crippen LogP contribution is -1.92. The van der Waals surface area contributed by atoms with Crippen LogP contribution in [0.2, 0.25) is 0 Å². The number of nitrogens with zero attached hydrogens (tertiary/aromatic N) is 1. The van der Waals surface area contributed by atoms with Crippen molar-refractivity contribution in [3.05, 3.63) is 45.9 Å². The van der Waals surface area contributed by atoms with Crippen LogP contribution in [-0.4, -0.2) is 17.9 Å². The number of methoxy groups -OCH3 is 1. The molecule has 0 aliphatic carbocycles. The highest BCUT2D eigenvalue weighted by atomic mass is 32.1. The Hall–Kier alpha value is -1.68. The van der Waals surface area contributed by atoms with Crippen LogP contribution < -0.4 is 4.74 Å². The van der Waals surface area contributed by atoms with Gasteiger partial charge in [0.25, 0.3) is 0 Å². The van der Waals surface area contributed by atoms with E-state index in [-0.39, 0.29) is 5.78 Å². The predicted octanol–water partition coefficient (Wildman–Crippen LogP) is 2.87. The number of rotatable bonds is 5. The highest BCUT2D eigenvalue weighted by Gasteiger charge is 2.05. The van der Waals surface area contributed by atoms with Crippen molar-refractivity contribution in [3.63, 3.8) is 0 Å². The maximum absolute atomic E-state index is 11.0. The molecular formula is C14H15NO2S. The number of ether oxygens (including phenoxy) is 1. The molecule has 0 fully saturated rings. The summed E-state index contributed by atoms with van der Waals surface area (Å²) in [4.78, 5) is 16.4. The normalized spacial score (nSPS) is 10.3. The molecule has 1 aromatic carbocycles. The minimum atomic E-state index is 0.176. The fourth-order valence-electron chi connectivity index (χ4n) is 1.67. The predicted molar refractivity (Wildman–Crippen MR) is 72.3 cm³/mol. The van der Waals surface area contributed by atoms with Crippen LogP contribution in [0.3, 0.4) is 0 Å². The maximum atomic E-state index is 11.0. The number of carbonyl (C=O) groups is 1. The molecule has 0 unspecified atom stereocenters. The number of hydrogen-bond acceptors (Lipinski definition) is 4. The summed E-state index contributed by atoms with van der Waals surface area (Å²) in [6.07, 6.45) is 3.08. The lowest BCUT2D eigenvalue weighted by Gasteiger charge is -2.01. The molecule has 1 aromatic heterocycles. The van der Waals surface area contributed by atoms with Crippen LogP contribution in [-0.2, 0) is 17.6 Å². The summed E-state index contributed by atoms with van der Waals surface area (Å²) in [6, 6.07) is 7.95. The first-order valence-corrected chi connectivity index (χ1v) is 6.55. The first kappa shape index (κ1) is 12.8. The molecule has 0 radical (unpaired) electrons. The number of aromatic nitrogens is 1. The van der Waals surface area contributed by atoms with E-state index >= 15 is 0 Å². The Bertz CT molecular complexity index is 531. The first-order valence-electron chi connectivity index (χ1n) is 5.73. The van der Waals surface area contributed by atoms with E-state index in [2.05, 4.69) is 4.98 Å². The van der Waals surface area contributed by atoms with Gasteiger partial charge < -0.3 is 4.74 Å². The van der Waals surface area contributed by atoms with E-state index in [1.54, 1.807) is 31.6 Å². The van der Waals surface area contributed by atoms with Gasteiger partial charge in [-0.25, -0.2) is 4.98 Å². The zero-order valence-corrected chi connectivity index (χ0v) is 11.3. The van der Waals surface area contributed by atoms with E-state index in [0.717, 1.165) is 22.1 Å². The Morgan fingerprint density at radius 1 is 1.33 bits per heavy atom. The molecule has 0 saturated heterocycles. The molecule has 0 aliphatic rings. The standard InChI is InChI=1S/C14H15NO2S/c1-10(16)7-13-9-15-14(18-13)8-11-3-5-12(17-2)6-4-11/h3-6,9H,7-8H2,1-2H3. The van der Waals surface area contributed by atoms with E-state index in [9.17, 15) is 4.79 Å². The van der Waals surface area contributed by atoms with Crippen molar-refractivity contribution in [1.82, 2.24) is 4.98 Å². The summed E-state index contributed by atoms with van der Waals surface area (Å²) in [5.74, 6) is 1.03. The van der Waals surface area contributed by atoms with Gasteiger partial charge in [-0.05, 0) is 24.6 Å². The second-order valence-corrected chi connectivity index (χ2v) is 5.32. The highest BCUT2D eigenvalue weighted by molar-refractivity contribution is 7.11. The van der Waals surface area contributed by atoms with Crippen molar-refractivity contribution in [3.8, 4) is 5.75 Å². The molecular weight excluding hydrogens is 246 g/mol. The van der Waals surface area contributed by atoms with Gasteiger partial charge in [0.15, 0.2) is 0 Å². The fourth-order valence-corrected chi connectivity index (χ4v) is 2.70. The third kappa shape index (κ3) is 3.40. The summed E-state index contributed by atoms with van der Waals surface area (Å²) >= 11 is 1.60. The number of hydrogen-bond donors (Lipinski definition) is 0. The molecule has 18 heavy (non-hydrogen) atoms. The minimum absolute atomic E-state index is 0.176. The van der Waals surface area contributed by atoms with Crippen LogP contribution >= 0.6 is 11.3 Å². The molecule has 94 valence electrons. The van der Waals surface area contributed by atoms with Gasteiger partial charge in [-0.15, -0.1) is 11.3 Å². The van der Waals surface area contributed by atoms with E-state index in [4.69, 9.17) is 4.74 Å². The summed E-state index contributed by atoms with van der Waals surface area (Å²) in [7, 11) is 1.66. The first-order chi connectivity index (χ1) is 8.67. The van der Waals surface area contributed by atoms with Gasteiger partial charge in [0.05, 0.1) is 12.1 Å². The fraction of sp³-hybridized carbons (Fsp3) is 0.286. The largest absolute Gasteiger partial charge is 0.497 e. The van der Waals surface area contributed by atoms with Gasteiger partial charge in [-0.2, -0.15) is 0 Å². The van der Waals surface area contributed by atoms with E-state index in [1.165, 1.54) is 5.56 Å². The van der Waals surface area contributed by atoms with Crippen molar-refractivity contribution >= 4 is 17.1 Å². The SMILES string of the molecule is COc1ccc(Cc2ncc(CC(C)=O)s2)cc1. The Labute approximate surface area is 110 Å². The van der Waals surface area contributed by atoms with Crippen molar-refractivity contribution in [2.45, 2.75) is 19.8 Å². The van der Waals surface area contributed by atoms with Gasteiger partial charge in [-0.1, -0.05) is 12.1 Å². The average Bonchev–Trinajstić information content (AvgIpc) is 2.76. The Balaban J connectivity index is 2.03. The van der Waals surface area contributed by atoms with Crippen molar-refractivity contribution in [2.75, 3.05) is 7.11 Å². The van der Waals surface area contributed by atoms with Gasteiger partial charge in [0.2, 0.25) is 0 Å². The molecule has 2 rings (SSSR count). The zero-order valence-electron chi connectivity index (χ0n) is 10.5. The van der Waals surface area contributed by atoms with E-state index < -0.39 is 0 Å². The number of ketones is 1. The summed E-state index contributed by atoms with van der Waals surface area (Å²) in [5.41, 5.74) is 1.19. The second-order valence-electron chi connectivity index (χ2n) is 4.12. The summed E-state index contributed by atoms with van der Waals surface area (Å²) in [5, 5.41) is 1.04. The van der Waals surface area contributed by atoms with Crippen molar-refractivity contribution in [2.24, 2.45) is 0 Å². The molecule has 4 heteroatoms. The Kier molecular flexibility index (Phi) is 4.10. The number of thiazole rings is 1. The van der Waals surface area contributed by atoms with Crippen LogP contribution in [0.1, 0.15) is 22.4 Å². The quantitative estimate of drug-likeness (QED) is 0.830. The van der Waals surface area contributed by atoms with Gasteiger partial charge in [-0.3, -0.25) is 4.79 Å². The number of carbonyl (C=O) groups excluding carboxylic acids is 1. The summed E-state index contributed by atoms with van der Waals surface area (Å²) < 4.78 is 5.12. The molecule has 0 aliphatic heterocycles. The molecule has 2 aromatic rings. The van der Waals surface area contributed by atoms with Gasteiger partial charge in [0, 0.05) is 23.9 Å². The molecule has 1 heterocycles. The van der Waals surface area contributed by atoms with Crippen LogP contribution in [0, 0.1) is 0 Å². The smallest absolute Gasteiger partial charge is 0.135 e. The molecule has 0 amide bonds. The Morgan fingerprint density at radius 3 is 2.67 bits per heavy atom. The van der Waals surface area contributed by atoms with Crippen LogP contribution in [0.5, 0.6) is 5.75 Å². The monoisotopic (exact) mass is 261 g/mol. The lowest BCUT2D eigenvalue weighted by molar-refractivity contribution is -0.116. The van der Waals surface area contributed by atoms with Crippen molar-refractivity contribution < 1.29 is 9.53 Å². The van der Waals surface area contributed by atoms with Gasteiger partial charge >= 0.3 is 0 Å². The Morgan fingerprint density at radius 2 is 2.06 bits per heavy atom. The maximum Gasteiger partial charge on any atom is 0.135 e. The molecule has 0 atom stereocenters. The number of benzene rings is 1. The average molecular weight is 261 g/mol. The van der Waals surface area contributed by atoms with Crippen LogP contribution in [0.4, 0.5) is 0 Å². The number of Topliss-reactive ketones (excluding diaryl/α,β-unsaturated/α-hetero) is 1.